The lowest BCUT2D eigenvalue weighted by Gasteiger charge is -2.26. The van der Waals surface area contributed by atoms with Crippen LogP contribution in [-0.4, -0.2) is 31.2 Å². The molecular formula is C11H22N2O2. The topological polar surface area (TPSA) is 64.4 Å². The van der Waals surface area contributed by atoms with Gasteiger partial charge in [-0.15, -0.1) is 0 Å². The van der Waals surface area contributed by atoms with Crippen LogP contribution >= 0.6 is 0 Å². The summed E-state index contributed by atoms with van der Waals surface area (Å²) in [6.07, 6.45) is 2.94. The average molecular weight is 214 g/mol. The Morgan fingerprint density at radius 1 is 1.67 bits per heavy atom. The Bertz CT molecular complexity index is 203. The Balaban J connectivity index is 2.33. The Labute approximate surface area is 91.5 Å². The van der Waals surface area contributed by atoms with Crippen LogP contribution in [0.3, 0.4) is 0 Å². The van der Waals surface area contributed by atoms with Gasteiger partial charge in [0.05, 0.1) is 18.7 Å². The molecule has 0 spiro atoms. The molecule has 1 aliphatic rings. The standard InChI is InChI=1S/C11H22N2O2/c1-3-8(2)10(12)11(14)13-9-5-4-6-15-7-9/h8-10H,3-7,12H2,1-2H3,(H,13,14). The quantitative estimate of drug-likeness (QED) is 0.722. The molecule has 3 atom stereocenters. The van der Waals surface area contributed by atoms with E-state index in [9.17, 15) is 4.79 Å². The highest BCUT2D eigenvalue weighted by Crippen LogP contribution is 2.09. The fourth-order valence-corrected chi connectivity index (χ4v) is 1.66. The highest BCUT2D eigenvalue weighted by atomic mass is 16.5. The number of nitrogens with two attached hydrogens (primary N) is 1. The summed E-state index contributed by atoms with van der Waals surface area (Å²) in [5.74, 6) is 0.189. The summed E-state index contributed by atoms with van der Waals surface area (Å²) in [7, 11) is 0. The monoisotopic (exact) mass is 214 g/mol. The molecule has 1 heterocycles. The number of carbonyl (C=O) groups excluding carboxylic acids is 1. The van der Waals surface area contributed by atoms with E-state index in [4.69, 9.17) is 10.5 Å². The van der Waals surface area contributed by atoms with Crippen molar-refractivity contribution in [3.63, 3.8) is 0 Å². The van der Waals surface area contributed by atoms with Gasteiger partial charge in [-0.05, 0) is 18.8 Å². The first-order valence-corrected chi connectivity index (χ1v) is 5.78. The van der Waals surface area contributed by atoms with Gasteiger partial charge in [0.25, 0.3) is 0 Å². The second-order valence-corrected chi connectivity index (χ2v) is 4.33. The van der Waals surface area contributed by atoms with Crippen molar-refractivity contribution in [3.8, 4) is 0 Å². The maximum absolute atomic E-state index is 11.7. The van der Waals surface area contributed by atoms with E-state index in [1.54, 1.807) is 0 Å². The van der Waals surface area contributed by atoms with Crippen molar-refractivity contribution in [2.24, 2.45) is 11.7 Å². The van der Waals surface area contributed by atoms with E-state index in [1.807, 2.05) is 13.8 Å². The zero-order chi connectivity index (χ0) is 11.3. The molecule has 0 aromatic rings. The third-order valence-corrected chi connectivity index (χ3v) is 3.07. The van der Waals surface area contributed by atoms with Crippen molar-refractivity contribution < 1.29 is 9.53 Å². The molecule has 0 aliphatic carbocycles. The highest BCUT2D eigenvalue weighted by molar-refractivity contribution is 5.82. The first-order chi connectivity index (χ1) is 7.15. The second-order valence-electron chi connectivity index (χ2n) is 4.33. The van der Waals surface area contributed by atoms with Gasteiger partial charge in [-0.2, -0.15) is 0 Å². The summed E-state index contributed by atoms with van der Waals surface area (Å²) < 4.78 is 5.29. The molecule has 0 aromatic heterocycles. The Hall–Kier alpha value is -0.610. The van der Waals surface area contributed by atoms with Crippen LogP contribution in [0.1, 0.15) is 33.1 Å². The maximum Gasteiger partial charge on any atom is 0.237 e. The molecule has 1 amide bonds. The summed E-state index contributed by atoms with van der Waals surface area (Å²) >= 11 is 0. The molecule has 1 saturated heterocycles. The van der Waals surface area contributed by atoms with Gasteiger partial charge in [0.15, 0.2) is 0 Å². The lowest BCUT2D eigenvalue weighted by molar-refractivity contribution is -0.125. The fourth-order valence-electron chi connectivity index (χ4n) is 1.66. The van der Waals surface area contributed by atoms with E-state index in [0.717, 1.165) is 25.9 Å². The fraction of sp³-hybridized carbons (Fsp3) is 0.909. The van der Waals surface area contributed by atoms with Gasteiger partial charge in [0, 0.05) is 6.61 Å². The zero-order valence-corrected chi connectivity index (χ0v) is 9.66. The second kappa shape index (κ2) is 6.08. The highest BCUT2D eigenvalue weighted by Gasteiger charge is 2.23. The van der Waals surface area contributed by atoms with Crippen LogP contribution in [-0.2, 0) is 9.53 Å². The summed E-state index contributed by atoms with van der Waals surface area (Å²) in [4.78, 5) is 11.7. The van der Waals surface area contributed by atoms with Gasteiger partial charge in [-0.25, -0.2) is 0 Å². The molecule has 4 heteroatoms. The minimum absolute atomic E-state index is 0.0418. The van der Waals surface area contributed by atoms with Gasteiger partial charge in [0.1, 0.15) is 0 Å². The van der Waals surface area contributed by atoms with Crippen molar-refractivity contribution in [1.82, 2.24) is 5.32 Å². The number of amides is 1. The summed E-state index contributed by atoms with van der Waals surface area (Å²) in [5, 5.41) is 2.94. The largest absolute Gasteiger partial charge is 0.379 e. The van der Waals surface area contributed by atoms with E-state index < -0.39 is 6.04 Å². The first-order valence-electron chi connectivity index (χ1n) is 5.78. The van der Waals surface area contributed by atoms with Gasteiger partial charge in [0.2, 0.25) is 5.91 Å². The molecule has 88 valence electrons. The third kappa shape index (κ3) is 3.80. The molecule has 0 aromatic carbocycles. The smallest absolute Gasteiger partial charge is 0.237 e. The normalized spacial score (nSPS) is 25.7. The predicted octanol–water partition coefficient (Wildman–Crippen LogP) is 0.655. The number of ether oxygens (including phenoxy) is 1. The lowest BCUT2D eigenvalue weighted by atomic mass is 9.99. The number of hydrogen-bond donors (Lipinski definition) is 2. The van der Waals surface area contributed by atoms with Crippen molar-refractivity contribution in [2.75, 3.05) is 13.2 Å². The van der Waals surface area contributed by atoms with Crippen LogP contribution in [0.5, 0.6) is 0 Å². The molecule has 0 saturated carbocycles. The molecule has 4 nitrogen and oxygen atoms in total. The van der Waals surface area contributed by atoms with Crippen molar-refractivity contribution in [3.05, 3.63) is 0 Å². The molecular weight excluding hydrogens is 192 g/mol. The Morgan fingerprint density at radius 2 is 2.40 bits per heavy atom. The van der Waals surface area contributed by atoms with Crippen LogP contribution in [0.15, 0.2) is 0 Å². The summed E-state index contributed by atoms with van der Waals surface area (Å²) in [6.45, 7) is 5.48. The van der Waals surface area contributed by atoms with E-state index in [1.165, 1.54) is 0 Å². The van der Waals surface area contributed by atoms with E-state index >= 15 is 0 Å². The molecule has 1 aliphatic heterocycles. The first kappa shape index (κ1) is 12.5. The van der Waals surface area contributed by atoms with Crippen molar-refractivity contribution in [1.29, 1.82) is 0 Å². The maximum atomic E-state index is 11.7. The van der Waals surface area contributed by atoms with Crippen molar-refractivity contribution >= 4 is 5.91 Å². The molecule has 1 fully saturated rings. The number of carbonyl (C=O) groups is 1. The third-order valence-electron chi connectivity index (χ3n) is 3.07. The molecule has 3 N–H and O–H groups in total. The number of rotatable bonds is 4. The van der Waals surface area contributed by atoms with Crippen LogP contribution in [0.25, 0.3) is 0 Å². The van der Waals surface area contributed by atoms with Gasteiger partial charge in [-0.1, -0.05) is 20.3 Å². The van der Waals surface area contributed by atoms with Gasteiger partial charge >= 0.3 is 0 Å². The SMILES string of the molecule is CCC(C)C(N)C(=O)NC1CCCOC1. The van der Waals surface area contributed by atoms with E-state index in [2.05, 4.69) is 5.32 Å². The van der Waals surface area contributed by atoms with Crippen LogP contribution in [0, 0.1) is 5.92 Å². The van der Waals surface area contributed by atoms with E-state index in [0.29, 0.717) is 6.61 Å². The Morgan fingerprint density at radius 3 is 2.93 bits per heavy atom. The summed E-state index contributed by atoms with van der Waals surface area (Å²) in [6, 6.07) is -0.238. The van der Waals surface area contributed by atoms with Gasteiger partial charge < -0.3 is 15.8 Å². The molecule has 0 radical (unpaired) electrons. The predicted molar refractivity (Wildman–Crippen MR) is 59.4 cm³/mol. The van der Waals surface area contributed by atoms with Crippen LogP contribution < -0.4 is 11.1 Å². The number of hydrogen-bond acceptors (Lipinski definition) is 3. The zero-order valence-electron chi connectivity index (χ0n) is 9.66. The summed E-state index contributed by atoms with van der Waals surface area (Å²) in [5.41, 5.74) is 5.84. The van der Waals surface area contributed by atoms with Crippen LogP contribution in [0.4, 0.5) is 0 Å². The number of nitrogens with one attached hydrogen (secondary N) is 1. The van der Waals surface area contributed by atoms with E-state index in [-0.39, 0.29) is 17.9 Å². The van der Waals surface area contributed by atoms with Crippen molar-refractivity contribution in [2.45, 2.75) is 45.2 Å². The molecule has 0 bridgehead atoms. The molecule has 1 rings (SSSR count). The minimum atomic E-state index is -0.392. The Kier molecular flexibility index (Phi) is 5.05. The molecule has 15 heavy (non-hydrogen) atoms. The molecule has 3 unspecified atom stereocenters. The average Bonchev–Trinajstić information content (AvgIpc) is 2.28. The van der Waals surface area contributed by atoms with Crippen LogP contribution in [0.2, 0.25) is 0 Å². The lowest BCUT2D eigenvalue weighted by Crippen LogP contribution is -2.50. The van der Waals surface area contributed by atoms with Gasteiger partial charge in [-0.3, -0.25) is 4.79 Å². The minimum Gasteiger partial charge on any atom is -0.379 e.